The minimum atomic E-state index is -3.03. The maximum atomic E-state index is 12.7. The summed E-state index contributed by atoms with van der Waals surface area (Å²) in [4.78, 5) is 23.9. The van der Waals surface area contributed by atoms with Crippen LogP contribution in [0.1, 0.15) is 5.56 Å². The molecule has 0 saturated carbocycles. The lowest BCUT2D eigenvalue weighted by Crippen LogP contribution is -2.44. The number of benzene rings is 3. The van der Waals surface area contributed by atoms with Gasteiger partial charge in [-0.15, -0.1) is 0 Å². The molecule has 10 heteroatoms. The molecule has 0 spiro atoms. The van der Waals surface area contributed by atoms with Gasteiger partial charge in [0.05, 0.1) is 62.2 Å². The number of sulfone groups is 1. The Labute approximate surface area is 227 Å². The molecule has 1 aliphatic heterocycles. The predicted molar refractivity (Wildman–Crippen MR) is 149 cm³/mol. The van der Waals surface area contributed by atoms with Crippen LogP contribution in [0.4, 0.5) is 0 Å². The first kappa shape index (κ1) is 26.4. The Bertz CT molecular complexity index is 1600. The number of hydrogen-bond donors (Lipinski definition) is 0. The summed E-state index contributed by atoms with van der Waals surface area (Å²) in [5.41, 5.74) is 5.63. The maximum absolute atomic E-state index is 12.7. The van der Waals surface area contributed by atoms with Gasteiger partial charge in [-0.2, -0.15) is 0 Å². The highest BCUT2D eigenvalue weighted by molar-refractivity contribution is 7.91. The fourth-order valence-corrected chi connectivity index (χ4v) is 5.89. The molecule has 0 unspecified atom stereocenters. The van der Waals surface area contributed by atoms with Crippen molar-refractivity contribution >= 4 is 26.8 Å². The zero-order valence-corrected chi connectivity index (χ0v) is 22.8. The summed E-state index contributed by atoms with van der Waals surface area (Å²) in [6.07, 6.45) is 1.94. The Morgan fingerprint density at radius 3 is 2.18 bits per heavy atom. The van der Waals surface area contributed by atoms with Crippen molar-refractivity contribution < 1.29 is 27.4 Å². The van der Waals surface area contributed by atoms with Crippen LogP contribution >= 0.6 is 0 Å². The second kappa shape index (κ2) is 10.9. The van der Waals surface area contributed by atoms with E-state index >= 15 is 0 Å². The minimum Gasteiger partial charge on any atom is -0.493 e. The highest BCUT2D eigenvalue weighted by Gasteiger charge is 2.25. The minimum absolute atomic E-state index is 0.0257. The van der Waals surface area contributed by atoms with Gasteiger partial charge in [0.2, 0.25) is 11.7 Å². The molecule has 2 heterocycles. The van der Waals surface area contributed by atoms with E-state index in [1.807, 2.05) is 54.6 Å². The smallest absolute Gasteiger partial charge is 0.227 e. The van der Waals surface area contributed by atoms with Crippen LogP contribution in [0.5, 0.6) is 17.2 Å². The van der Waals surface area contributed by atoms with Crippen molar-refractivity contribution in [3.8, 4) is 39.6 Å². The second-order valence-corrected chi connectivity index (χ2v) is 11.6. The van der Waals surface area contributed by atoms with Gasteiger partial charge in [0.15, 0.2) is 21.3 Å². The Hall–Kier alpha value is -4.18. The summed E-state index contributed by atoms with van der Waals surface area (Å²) < 4.78 is 39.8. The summed E-state index contributed by atoms with van der Waals surface area (Å²) in [5.74, 6) is 1.54. The van der Waals surface area contributed by atoms with Gasteiger partial charge >= 0.3 is 0 Å². The number of carbonyl (C=O) groups is 1. The van der Waals surface area contributed by atoms with E-state index in [0.29, 0.717) is 22.9 Å². The Kier molecular flexibility index (Phi) is 7.38. The van der Waals surface area contributed by atoms with Crippen molar-refractivity contribution in [1.82, 2.24) is 14.9 Å². The molecule has 0 aliphatic carbocycles. The molecule has 1 aliphatic rings. The van der Waals surface area contributed by atoms with Gasteiger partial charge in [-0.05, 0) is 29.3 Å². The molecule has 0 radical (unpaired) electrons. The van der Waals surface area contributed by atoms with Crippen molar-refractivity contribution in [1.29, 1.82) is 0 Å². The third-order valence-corrected chi connectivity index (χ3v) is 8.46. The summed E-state index contributed by atoms with van der Waals surface area (Å²) in [7, 11) is 1.67. The molecule has 1 aromatic heterocycles. The van der Waals surface area contributed by atoms with Gasteiger partial charge in [0, 0.05) is 24.2 Å². The summed E-state index contributed by atoms with van der Waals surface area (Å²) >= 11 is 0. The Morgan fingerprint density at radius 1 is 0.897 bits per heavy atom. The van der Waals surface area contributed by atoms with Crippen molar-refractivity contribution in [3.63, 3.8) is 0 Å². The molecule has 9 nitrogen and oxygen atoms in total. The van der Waals surface area contributed by atoms with E-state index in [1.54, 1.807) is 32.4 Å². The fourth-order valence-electron chi connectivity index (χ4n) is 4.68. The zero-order chi connectivity index (χ0) is 27.6. The highest BCUT2D eigenvalue weighted by atomic mass is 32.2. The van der Waals surface area contributed by atoms with Crippen LogP contribution in [0.2, 0.25) is 0 Å². The summed E-state index contributed by atoms with van der Waals surface area (Å²) in [5, 5.41) is 0. The topological polar surface area (TPSA) is 108 Å². The van der Waals surface area contributed by atoms with Crippen LogP contribution in [0.25, 0.3) is 33.4 Å². The Morgan fingerprint density at radius 2 is 1.56 bits per heavy atom. The standard InChI is InChI=1S/C29H29N3O6S/c1-36-25-16-21(17-26(37-2)29(25)38-3)24-18-30-23-6-4-5-22(28(23)31-24)20-9-7-19(8-10-20)15-27(33)32-11-13-39(34,35)14-12-32/h4-10,16-18H,11-15H2,1-3H3. The fraction of sp³-hybridized carbons (Fsp3) is 0.276. The zero-order valence-electron chi connectivity index (χ0n) is 22.0. The largest absolute Gasteiger partial charge is 0.493 e. The molecule has 39 heavy (non-hydrogen) atoms. The number of para-hydroxylation sites is 1. The number of hydrogen-bond acceptors (Lipinski definition) is 8. The summed E-state index contributed by atoms with van der Waals surface area (Å²) in [6.45, 7) is 0.504. The average molecular weight is 548 g/mol. The number of carbonyl (C=O) groups excluding carboxylic acids is 1. The van der Waals surface area contributed by atoms with Gasteiger partial charge < -0.3 is 19.1 Å². The molecule has 202 valence electrons. The number of aromatic nitrogens is 2. The van der Waals surface area contributed by atoms with Crippen LogP contribution in [0, 0.1) is 0 Å². The molecule has 0 atom stereocenters. The first-order valence-corrected chi connectivity index (χ1v) is 14.3. The SMILES string of the molecule is COc1cc(-c2cnc3cccc(-c4ccc(CC(=O)N5CCS(=O)(=O)CC5)cc4)c3n2)cc(OC)c1OC. The van der Waals surface area contributed by atoms with Crippen molar-refractivity contribution in [2.24, 2.45) is 0 Å². The maximum Gasteiger partial charge on any atom is 0.227 e. The quantitative estimate of drug-likeness (QED) is 0.344. The summed E-state index contributed by atoms with van der Waals surface area (Å²) in [6, 6.07) is 17.3. The molecule has 1 amide bonds. The molecular formula is C29H29N3O6S. The molecule has 5 rings (SSSR count). The number of nitrogens with zero attached hydrogens (tertiary/aromatic N) is 3. The first-order valence-electron chi connectivity index (χ1n) is 12.5. The van der Waals surface area contributed by atoms with Crippen LogP contribution in [-0.2, 0) is 21.1 Å². The van der Waals surface area contributed by atoms with E-state index in [-0.39, 0.29) is 36.9 Å². The molecule has 3 aromatic carbocycles. The molecule has 4 aromatic rings. The van der Waals surface area contributed by atoms with E-state index in [2.05, 4.69) is 4.98 Å². The van der Waals surface area contributed by atoms with Crippen LogP contribution < -0.4 is 14.2 Å². The lowest BCUT2D eigenvalue weighted by atomic mass is 10.0. The molecule has 1 saturated heterocycles. The van der Waals surface area contributed by atoms with E-state index in [9.17, 15) is 13.2 Å². The van der Waals surface area contributed by atoms with Crippen LogP contribution in [0.3, 0.4) is 0 Å². The van der Waals surface area contributed by atoms with Gasteiger partial charge in [-0.1, -0.05) is 36.4 Å². The third kappa shape index (κ3) is 5.51. The lowest BCUT2D eigenvalue weighted by molar-refractivity contribution is -0.130. The first-order chi connectivity index (χ1) is 18.8. The van der Waals surface area contributed by atoms with Crippen LogP contribution in [0.15, 0.2) is 60.8 Å². The monoisotopic (exact) mass is 547 g/mol. The van der Waals surface area contributed by atoms with Gasteiger partial charge in [0.1, 0.15) is 0 Å². The normalized spacial score (nSPS) is 14.7. The van der Waals surface area contributed by atoms with Crippen molar-refractivity contribution in [3.05, 3.63) is 66.4 Å². The number of fused-ring (bicyclic) bond motifs is 1. The number of ether oxygens (including phenoxy) is 3. The van der Waals surface area contributed by atoms with E-state index in [4.69, 9.17) is 19.2 Å². The van der Waals surface area contributed by atoms with E-state index < -0.39 is 9.84 Å². The molecular weight excluding hydrogens is 518 g/mol. The molecule has 0 N–H and O–H groups in total. The number of rotatable bonds is 7. The van der Waals surface area contributed by atoms with Crippen LogP contribution in [-0.4, -0.2) is 75.1 Å². The van der Waals surface area contributed by atoms with E-state index in [0.717, 1.165) is 33.3 Å². The number of amides is 1. The second-order valence-electron chi connectivity index (χ2n) is 9.25. The number of methoxy groups -OCH3 is 3. The lowest BCUT2D eigenvalue weighted by Gasteiger charge is -2.26. The molecule has 1 fully saturated rings. The van der Waals surface area contributed by atoms with Gasteiger partial charge in [0.25, 0.3) is 0 Å². The predicted octanol–water partition coefficient (Wildman–Crippen LogP) is 3.79. The Balaban J connectivity index is 1.43. The highest BCUT2D eigenvalue weighted by Crippen LogP contribution is 2.41. The van der Waals surface area contributed by atoms with Crippen molar-refractivity contribution in [2.75, 3.05) is 45.9 Å². The van der Waals surface area contributed by atoms with Gasteiger partial charge in [-0.25, -0.2) is 13.4 Å². The third-order valence-electron chi connectivity index (χ3n) is 6.85. The van der Waals surface area contributed by atoms with Crippen molar-refractivity contribution in [2.45, 2.75) is 6.42 Å². The van der Waals surface area contributed by atoms with E-state index in [1.165, 1.54) is 0 Å². The van der Waals surface area contributed by atoms with Gasteiger partial charge in [-0.3, -0.25) is 9.78 Å². The molecule has 0 bridgehead atoms. The average Bonchev–Trinajstić information content (AvgIpc) is 2.96.